The van der Waals surface area contributed by atoms with Gasteiger partial charge in [0.05, 0.1) is 0 Å². The first-order valence-corrected chi connectivity index (χ1v) is 6.75. The molecule has 0 fully saturated rings. The fraction of sp³-hybridized carbons (Fsp3) is 0.500. The summed E-state index contributed by atoms with van der Waals surface area (Å²) in [5.74, 6) is 0. The van der Waals surface area contributed by atoms with Crippen LogP contribution in [0, 0.1) is 0 Å². The number of nitrogens with zero attached hydrogens (tertiary/aromatic N) is 1. The van der Waals surface area contributed by atoms with Gasteiger partial charge in [-0.15, -0.1) is 0 Å². The minimum absolute atomic E-state index is 0. The average molecular weight is 274 g/mol. The lowest BCUT2D eigenvalue weighted by Gasteiger charge is -2.17. The minimum atomic E-state index is 0. The van der Waals surface area contributed by atoms with Gasteiger partial charge in [0.2, 0.25) is 0 Å². The van der Waals surface area contributed by atoms with Crippen LogP contribution in [0.4, 0.5) is 0 Å². The topological polar surface area (TPSA) is 28.7 Å². The lowest BCUT2D eigenvalue weighted by molar-refractivity contribution is 0.587. The number of rotatable bonds is 0. The van der Waals surface area contributed by atoms with Crippen LogP contribution in [0.25, 0.3) is 0 Å². The molecule has 2 heterocycles. The monoisotopic (exact) mass is 274 g/mol. The molecule has 0 saturated carbocycles. The second-order valence-electron chi connectivity index (χ2n) is 6.84. The van der Waals surface area contributed by atoms with Crippen LogP contribution in [0.5, 0.6) is 0 Å². The Labute approximate surface area is 124 Å². The van der Waals surface area contributed by atoms with Gasteiger partial charge >= 0.3 is 0 Å². The number of H-pyrrole nitrogens is 1. The smallest absolute Gasteiger partial charge is 0.0305 e. The van der Waals surface area contributed by atoms with Gasteiger partial charge in [0.25, 0.3) is 0 Å². The number of pyridine rings is 1. The number of aromatic amines is 1. The van der Waals surface area contributed by atoms with E-state index in [1.165, 1.54) is 11.1 Å². The van der Waals surface area contributed by atoms with Gasteiger partial charge in [-0.2, -0.15) is 0 Å². The second kappa shape index (κ2) is 7.28. The van der Waals surface area contributed by atoms with Crippen molar-refractivity contribution < 1.29 is 0 Å². The van der Waals surface area contributed by atoms with Crippen LogP contribution in [0.15, 0.2) is 43.0 Å². The third kappa shape index (κ3) is 6.05. The summed E-state index contributed by atoms with van der Waals surface area (Å²) >= 11 is 0. The van der Waals surface area contributed by atoms with Gasteiger partial charge in [-0.25, -0.2) is 0 Å². The maximum absolute atomic E-state index is 4.05. The number of hydrogen-bond acceptors (Lipinski definition) is 1. The van der Waals surface area contributed by atoms with Gasteiger partial charge in [-0.05, 0) is 34.1 Å². The molecule has 0 radical (unpaired) electrons. The summed E-state index contributed by atoms with van der Waals surface area (Å²) in [4.78, 5) is 7.09. The van der Waals surface area contributed by atoms with Crippen molar-refractivity contribution in [3.8, 4) is 0 Å². The van der Waals surface area contributed by atoms with Crippen molar-refractivity contribution in [1.29, 1.82) is 0 Å². The third-order valence-corrected chi connectivity index (χ3v) is 2.99. The molecule has 0 aromatic carbocycles. The molecule has 2 aromatic rings. The normalized spacial score (nSPS) is 11.1. The average Bonchev–Trinajstić information content (AvgIpc) is 2.83. The van der Waals surface area contributed by atoms with E-state index < -0.39 is 0 Å². The van der Waals surface area contributed by atoms with E-state index in [0.29, 0.717) is 5.41 Å². The highest BCUT2D eigenvalue weighted by Gasteiger charge is 2.12. The van der Waals surface area contributed by atoms with Crippen molar-refractivity contribution in [2.45, 2.75) is 59.8 Å². The van der Waals surface area contributed by atoms with E-state index in [0.717, 1.165) is 0 Å². The van der Waals surface area contributed by atoms with Crippen LogP contribution in [-0.4, -0.2) is 9.97 Å². The maximum Gasteiger partial charge on any atom is 0.0305 e. The van der Waals surface area contributed by atoms with E-state index >= 15 is 0 Å². The van der Waals surface area contributed by atoms with Gasteiger partial charge in [0.15, 0.2) is 0 Å². The first-order chi connectivity index (χ1) is 8.71. The molecule has 112 valence electrons. The molecule has 1 N–H and O–H groups in total. The largest absolute Gasteiger partial charge is 0.367 e. The Morgan fingerprint density at radius 1 is 0.900 bits per heavy atom. The van der Waals surface area contributed by atoms with Crippen LogP contribution in [0.2, 0.25) is 0 Å². The molecule has 2 heteroatoms. The molecule has 0 amide bonds. The van der Waals surface area contributed by atoms with E-state index in [-0.39, 0.29) is 12.8 Å². The maximum atomic E-state index is 4.05. The predicted octanol–water partition coefficient (Wildman–Crippen LogP) is 5.33. The fourth-order valence-corrected chi connectivity index (χ4v) is 1.60. The molecule has 2 rings (SSSR count). The highest BCUT2D eigenvalue weighted by atomic mass is 14.6. The zero-order valence-electron chi connectivity index (χ0n) is 13.0. The van der Waals surface area contributed by atoms with E-state index in [1.54, 1.807) is 6.20 Å². The van der Waals surface area contributed by atoms with Crippen molar-refractivity contribution in [2.75, 3.05) is 0 Å². The Morgan fingerprint density at radius 3 is 1.75 bits per heavy atom. The van der Waals surface area contributed by atoms with Gasteiger partial charge in [-0.3, -0.25) is 4.98 Å². The zero-order chi connectivity index (χ0) is 14.5. The third-order valence-electron chi connectivity index (χ3n) is 2.99. The van der Waals surface area contributed by atoms with E-state index in [4.69, 9.17) is 0 Å². The first kappa shape index (κ1) is 18.4. The molecule has 0 bridgehead atoms. The van der Waals surface area contributed by atoms with Crippen molar-refractivity contribution in [2.24, 2.45) is 0 Å². The molecule has 2 aromatic heterocycles. The summed E-state index contributed by atoms with van der Waals surface area (Å²) < 4.78 is 0. The van der Waals surface area contributed by atoms with Crippen LogP contribution >= 0.6 is 0 Å². The second-order valence-corrected chi connectivity index (χ2v) is 6.84. The van der Waals surface area contributed by atoms with Gasteiger partial charge in [0.1, 0.15) is 0 Å². The van der Waals surface area contributed by atoms with Crippen molar-refractivity contribution >= 4 is 0 Å². The van der Waals surface area contributed by atoms with E-state index in [1.807, 2.05) is 24.7 Å². The molecule has 20 heavy (non-hydrogen) atoms. The van der Waals surface area contributed by atoms with Crippen LogP contribution in [0.1, 0.15) is 60.1 Å². The van der Waals surface area contributed by atoms with Crippen molar-refractivity contribution in [3.63, 3.8) is 0 Å². The van der Waals surface area contributed by atoms with E-state index in [9.17, 15) is 0 Å². The molecule has 0 aliphatic heterocycles. The number of nitrogens with one attached hydrogen (secondary N) is 1. The summed E-state index contributed by atoms with van der Waals surface area (Å²) in [6.07, 6.45) is 7.72. The predicted molar refractivity (Wildman–Crippen MR) is 89.2 cm³/mol. The Bertz CT molecular complexity index is 456. The molecular formula is C18H30N2. The molecule has 0 aliphatic carbocycles. The Kier molecular flexibility index (Phi) is 6.70. The highest BCUT2D eigenvalue weighted by Crippen LogP contribution is 2.20. The van der Waals surface area contributed by atoms with Crippen molar-refractivity contribution in [1.82, 2.24) is 9.97 Å². The van der Waals surface area contributed by atoms with Crippen LogP contribution < -0.4 is 0 Å². The van der Waals surface area contributed by atoms with Crippen LogP contribution in [-0.2, 0) is 10.8 Å². The lowest BCUT2D eigenvalue weighted by Crippen LogP contribution is -2.10. The number of hydrogen-bond donors (Lipinski definition) is 1. The number of aromatic nitrogens is 2. The van der Waals surface area contributed by atoms with Crippen molar-refractivity contribution in [3.05, 3.63) is 54.1 Å². The SMILES string of the molecule is C.CC(C)(C)c1cc[nH]c1.CC(C)(C)c1cccnc1. The Hall–Kier alpha value is -1.57. The van der Waals surface area contributed by atoms with E-state index in [2.05, 4.69) is 63.6 Å². The summed E-state index contributed by atoms with van der Waals surface area (Å²) in [5.41, 5.74) is 3.17. The quantitative estimate of drug-likeness (QED) is 0.691. The molecule has 0 saturated heterocycles. The fourth-order valence-electron chi connectivity index (χ4n) is 1.60. The van der Waals surface area contributed by atoms with Gasteiger partial charge in [-0.1, -0.05) is 55.0 Å². The summed E-state index contributed by atoms with van der Waals surface area (Å²) in [7, 11) is 0. The Balaban J connectivity index is 0.000000345. The first-order valence-electron chi connectivity index (χ1n) is 6.75. The Morgan fingerprint density at radius 2 is 1.50 bits per heavy atom. The van der Waals surface area contributed by atoms with Crippen LogP contribution in [0.3, 0.4) is 0 Å². The molecular weight excluding hydrogens is 244 g/mol. The standard InChI is InChI=1S/C9H13N.C8H13N.CH4/c1-9(2,3)8-5-4-6-10-7-8;1-8(2,3)7-4-5-9-6-7;/h4-7H,1-3H3;4-6,9H,1-3H3;1H4. The molecule has 0 unspecified atom stereocenters. The summed E-state index contributed by atoms with van der Waals surface area (Å²) in [6.45, 7) is 13.2. The molecule has 0 spiro atoms. The van der Waals surface area contributed by atoms with Gasteiger partial charge < -0.3 is 4.98 Å². The zero-order valence-corrected chi connectivity index (χ0v) is 13.0. The molecule has 0 aliphatic rings. The summed E-state index contributed by atoms with van der Waals surface area (Å²) in [5, 5.41) is 0. The molecule has 2 nitrogen and oxygen atoms in total. The highest BCUT2D eigenvalue weighted by molar-refractivity contribution is 5.18. The molecule has 0 atom stereocenters. The lowest BCUT2D eigenvalue weighted by atomic mass is 9.88. The minimum Gasteiger partial charge on any atom is -0.367 e. The summed E-state index contributed by atoms with van der Waals surface area (Å²) in [6, 6.07) is 6.19. The van der Waals surface area contributed by atoms with Gasteiger partial charge in [0, 0.05) is 24.8 Å².